The van der Waals surface area contributed by atoms with Gasteiger partial charge in [-0.05, 0) is 18.1 Å². The number of urea groups is 1. The number of aliphatic hydroxyl groups excluding tert-OH is 2. The van der Waals surface area contributed by atoms with Gasteiger partial charge in [-0.3, -0.25) is 0 Å². The maximum atomic E-state index is 12.4. The van der Waals surface area contributed by atoms with Gasteiger partial charge < -0.3 is 20.4 Å². The maximum Gasteiger partial charge on any atom is 0.389 e. The number of anilines is 1. The summed E-state index contributed by atoms with van der Waals surface area (Å²) >= 11 is 0. The van der Waals surface area contributed by atoms with Crippen molar-refractivity contribution in [2.75, 3.05) is 32.1 Å². The number of carbonyl (C=O) groups excluding carboxylic acids is 1. The van der Waals surface area contributed by atoms with Gasteiger partial charge >= 0.3 is 12.2 Å². The van der Waals surface area contributed by atoms with Gasteiger partial charge in [0.1, 0.15) is 0 Å². The summed E-state index contributed by atoms with van der Waals surface area (Å²) < 4.78 is 37.2. The predicted molar refractivity (Wildman–Crippen MR) is 84.7 cm³/mol. The number of halogens is 3. The molecule has 136 valence electrons. The van der Waals surface area contributed by atoms with Crippen molar-refractivity contribution in [3.8, 4) is 0 Å². The van der Waals surface area contributed by atoms with Gasteiger partial charge in [0, 0.05) is 31.1 Å². The van der Waals surface area contributed by atoms with E-state index >= 15 is 0 Å². The number of aliphatic hydroxyl groups is 2. The van der Waals surface area contributed by atoms with Crippen molar-refractivity contribution in [1.29, 1.82) is 0 Å². The van der Waals surface area contributed by atoms with E-state index < -0.39 is 24.0 Å². The van der Waals surface area contributed by atoms with E-state index in [4.69, 9.17) is 0 Å². The fourth-order valence-corrected chi connectivity index (χ4v) is 2.14. The summed E-state index contributed by atoms with van der Waals surface area (Å²) in [5.41, 5.74) is -0.154. The van der Waals surface area contributed by atoms with Gasteiger partial charge in [-0.25, -0.2) is 4.79 Å². The molecule has 5 nitrogen and oxygen atoms in total. The Bertz CT molecular complexity index is 546. The lowest BCUT2D eigenvalue weighted by molar-refractivity contribution is -0.133. The van der Waals surface area contributed by atoms with Gasteiger partial charge in [-0.1, -0.05) is 25.1 Å². The van der Waals surface area contributed by atoms with Crippen LogP contribution in [0.2, 0.25) is 0 Å². The lowest BCUT2D eigenvalue weighted by atomic mass is 9.92. The van der Waals surface area contributed by atoms with Gasteiger partial charge in [0.2, 0.25) is 0 Å². The average molecular weight is 348 g/mol. The van der Waals surface area contributed by atoms with E-state index in [0.29, 0.717) is 11.3 Å². The molecule has 0 heterocycles. The van der Waals surface area contributed by atoms with E-state index in [1.165, 1.54) is 24.1 Å². The van der Waals surface area contributed by atoms with Crippen molar-refractivity contribution >= 4 is 11.7 Å². The number of rotatable bonds is 7. The molecule has 3 N–H and O–H groups in total. The number of alkyl halides is 3. The highest BCUT2D eigenvalue weighted by atomic mass is 19.4. The first-order valence-electron chi connectivity index (χ1n) is 7.49. The average Bonchev–Trinajstić information content (AvgIpc) is 2.53. The Morgan fingerprint density at radius 3 is 2.33 bits per heavy atom. The molecule has 0 bridgehead atoms. The number of nitrogens with zero attached hydrogens (tertiary/aromatic N) is 1. The fraction of sp³-hybridized carbons (Fsp3) is 0.562. The second kappa shape index (κ2) is 8.34. The first kappa shape index (κ1) is 20.2. The molecule has 24 heavy (non-hydrogen) atoms. The van der Waals surface area contributed by atoms with Gasteiger partial charge in [-0.15, -0.1) is 0 Å². The van der Waals surface area contributed by atoms with E-state index in [0.717, 1.165) is 0 Å². The quantitative estimate of drug-likeness (QED) is 0.709. The molecule has 0 atom stereocenters. The van der Waals surface area contributed by atoms with Crippen LogP contribution in [0.15, 0.2) is 24.3 Å². The summed E-state index contributed by atoms with van der Waals surface area (Å²) in [6.45, 7) is 1.11. The second-order valence-electron chi connectivity index (χ2n) is 6.19. The molecule has 2 amide bonds. The molecule has 0 aliphatic carbocycles. The smallest absolute Gasteiger partial charge is 0.389 e. The molecule has 0 saturated carbocycles. The predicted octanol–water partition coefficient (Wildman–Crippen LogP) is 2.64. The third-order valence-electron chi connectivity index (χ3n) is 3.67. The zero-order valence-electron chi connectivity index (χ0n) is 13.7. The van der Waals surface area contributed by atoms with Gasteiger partial charge in [0.25, 0.3) is 0 Å². The Balaban J connectivity index is 2.76. The van der Waals surface area contributed by atoms with Crippen molar-refractivity contribution in [2.24, 2.45) is 5.41 Å². The van der Waals surface area contributed by atoms with Crippen LogP contribution in [-0.2, 0) is 6.42 Å². The van der Waals surface area contributed by atoms with Gasteiger partial charge in [0.05, 0.1) is 13.2 Å². The second-order valence-corrected chi connectivity index (χ2v) is 6.19. The van der Waals surface area contributed by atoms with Gasteiger partial charge in [0.15, 0.2) is 0 Å². The summed E-state index contributed by atoms with van der Waals surface area (Å²) in [6, 6.07) is 5.78. The van der Waals surface area contributed by atoms with E-state index in [1.54, 1.807) is 19.1 Å². The molecule has 0 saturated heterocycles. The Labute approximate surface area is 139 Å². The molecular formula is C16H23F3N2O3. The molecule has 1 aromatic carbocycles. The summed E-state index contributed by atoms with van der Waals surface area (Å²) in [5.74, 6) is 0. The molecule has 0 fully saturated rings. The van der Waals surface area contributed by atoms with Crippen LogP contribution in [0.4, 0.5) is 23.7 Å². The Hall–Kier alpha value is -1.80. The minimum atomic E-state index is -4.27. The zero-order chi connectivity index (χ0) is 18.4. The van der Waals surface area contributed by atoms with E-state index in [9.17, 15) is 28.2 Å². The number of carbonyl (C=O) groups is 1. The third-order valence-corrected chi connectivity index (χ3v) is 3.67. The van der Waals surface area contributed by atoms with Crippen molar-refractivity contribution in [2.45, 2.75) is 25.9 Å². The highest BCUT2D eigenvalue weighted by molar-refractivity contribution is 5.90. The molecule has 1 aromatic rings. The molecular weight excluding hydrogens is 325 g/mol. The van der Waals surface area contributed by atoms with Crippen LogP contribution < -0.4 is 5.32 Å². The minimum absolute atomic E-state index is 0.0938. The third kappa shape index (κ3) is 6.37. The van der Waals surface area contributed by atoms with E-state index in [1.807, 2.05) is 0 Å². The maximum absolute atomic E-state index is 12.4. The number of nitrogens with one attached hydrogen (secondary N) is 1. The standard InChI is InChI=1S/C16H23F3N2O3/c1-15(10-22,11-23)9-21(2)14(24)20-13-6-4-3-5-12(13)7-8-16(17,18)19/h3-6,22-23H,7-11H2,1-2H3,(H,20,24). The van der Waals surface area contributed by atoms with Crippen molar-refractivity contribution in [1.82, 2.24) is 4.90 Å². The van der Waals surface area contributed by atoms with Crippen molar-refractivity contribution in [3.05, 3.63) is 29.8 Å². The van der Waals surface area contributed by atoms with Crippen LogP contribution in [0.1, 0.15) is 18.9 Å². The number of hydrogen-bond acceptors (Lipinski definition) is 3. The summed E-state index contributed by atoms with van der Waals surface area (Å²) in [4.78, 5) is 13.5. The molecule has 0 unspecified atom stereocenters. The van der Waals surface area contributed by atoms with Crippen LogP contribution in [0.3, 0.4) is 0 Å². The first-order valence-corrected chi connectivity index (χ1v) is 7.49. The minimum Gasteiger partial charge on any atom is -0.396 e. The normalized spacial score (nSPS) is 12.1. The first-order chi connectivity index (χ1) is 11.1. The summed E-state index contributed by atoms with van der Waals surface area (Å²) in [7, 11) is 1.48. The van der Waals surface area contributed by atoms with Crippen LogP contribution >= 0.6 is 0 Å². The molecule has 0 radical (unpaired) electrons. The highest BCUT2D eigenvalue weighted by Crippen LogP contribution is 2.25. The topological polar surface area (TPSA) is 72.8 Å². The van der Waals surface area contributed by atoms with Crippen LogP contribution in [0.25, 0.3) is 0 Å². The number of hydrogen-bond donors (Lipinski definition) is 3. The number of benzene rings is 1. The fourth-order valence-electron chi connectivity index (χ4n) is 2.14. The largest absolute Gasteiger partial charge is 0.396 e. The van der Waals surface area contributed by atoms with Crippen LogP contribution in [0.5, 0.6) is 0 Å². The summed E-state index contributed by atoms with van der Waals surface area (Å²) in [5, 5.41) is 21.1. The monoisotopic (exact) mass is 348 g/mol. The Morgan fingerprint density at radius 1 is 1.21 bits per heavy atom. The van der Waals surface area contributed by atoms with Crippen LogP contribution in [0, 0.1) is 5.41 Å². The SMILES string of the molecule is CN(CC(C)(CO)CO)C(=O)Nc1ccccc1CCC(F)(F)F. The lowest BCUT2D eigenvalue weighted by Gasteiger charge is -2.30. The molecule has 0 aromatic heterocycles. The summed E-state index contributed by atoms with van der Waals surface area (Å²) in [6.07, 6.45) is -5.46. The number of amides is 2. The number of aryl methyl sites for hydroxylation is 1. The highest BCUT2D eigenvalue weighted by Gasteiger charge is 2.28. The molecule has 1 rings (SSSR count). The van der Waals surface area contributed by atoms with E-state index in [2.05, 4.69) is 5.32 Å². The molecule has 8 heteroatoms. The zero-order valence-corrected chi connectivity index (χ0v) is 13.7. The van der Waals surface area contributed by atoms with Crippen LogP contribution in [-0.4, -0.2) is 54.1 Å². The van der Waals surface area contributed by atoms with Gasteiger partial charge in [-0.2, -0.15) is 13.2 Å². The molecule has 0 spiro atoms. The van der Waals surface area contributed by atoms with Crippen molar-refractivity contribution in [3.63, 3.8) is 0 Å². The molecule has 0 aliphatic rings. The lowest BCUT2D eigenvalue weighted by Crippen LogP contribution is -2.43. The van der Waals surface area contributed by atoms with Crippen molar-refractivity contribution < 1.29 is 28.2 Å². The van der Waals surface area contributed by atoms with E-state index in [-0.39, 0.29) is 26.2 Å². The Morgan fingerprint density at radius 2 is 1.79 bits per heavy atom. The molecule has 0 aliphatic heterocycles. The number of para-hydroxylation sites is 1. The Kier molecular flexibility index (Phi) is 7.04.